The predicted octanol–water partition coefficient (Wildman–Crippen LogP) is 3.28. The number of furan rings is 1. The van der Waals surface area contributed by atoms with Crippen LogP contribution in [0.5, 0.6) is 0 Å². The molecule has 0 saturated heterocycles. The topological polar surface area (TPSA) is 42.6 Å². The molecule has 2 atom stereocenters. The van der Waals surface area contributed by atoms with Crippen LogP contribution in [0.15, 0.2) is 21.2 Å². The molecule has 0 saturated carbocycles. The highest BCUT2D eigenvalue weighted by molar-refractivity contribution is 9.10. The van der Waals surface area contributed by atoms with Gasteiger partial charge in [0.2, 0.25) is 0 Å². The first-order chi connectivity index (χ1) is 7.05. The van der Waals surface area contributed by atoms with Crippen LogP contribution in [0.4, 0.5) is 0 Å². The second-order valence-electron chi connectivity index (χ2n) is 3.63. The third-order valence-corrected chi connectivity index (χ3v) is 3.30. The van der Waals surface area contributed by atoms with E-state index in [0.717, 1.165) is 10.9 Å². The highest BCUT2D eigenvalue weighted by Gasteiger charge is 2.36. The first-order valence-electron chi connectivity index (χ1n) is 5.10. The molecule has 0 fully saturated rings. The van der Waals surface area contributed by atoms with Crippen LogP contribution in [0, 0.1) is 0 Å². The van der Waals surface area contributed by atoms with Crippen molar-refractivity contribution in [3.05, 3.63) is 22.6 Å². The molecule has 2 unspecified atom stereocenters. The molecule has 0 bridgehead atoms. The maximum absolute atomic E-state index is 10.2. The molecule has 0 aliphatic carbocycles. The molecule has 1 aromatic rings. The molecule has 1 rings (SSSR count). The number of hydrogen-bond acceptors (Lipinski definition) is 3. The van der Waals surface area contributed by atoms with E-state index in [1.165, 1.54) is 0 Å². The Kier molecular flexibility index (Phi) is 4.37. The number of rotatable bonds is 5. The fourth-order valence-electron chi connectivity index (χ4n) is 1.48. The summed E-state index contributed by atoms with van der Waals surface area (Å²) in [5.74, 6) is 0.521. The van der Waals surface area contributed by atoms with Crippen LogP contribution >= 0.6 is 15.9 Å². The van der Waals surface area contributed by atoms with Crippen LogP contribution in [0.25, 0.3) is 0 Å². The molecule has 86 valence electrons. The lowest BCUT2D eigenvalue weighted by Crippen LogP contribution is -2.35. The summed E-state index contributed by atoms with van der Waals surface area (Å²) in [5, 5.41) is 10.2. The third-order valence-electron chi connectivity index (χ3n) is 2.65. The summed E-state index contributed by atoms with van der Waals surface area (Å²) in [5.41, 5.74) is -0.602. The Bertz CT molecular complexity index is 311. The van der Waals surface area contributed by atoms with E-state index in [-0.39, 0.29) is 0 Å². The van der Waals surface area contributed by atoms with Crippen molar-refractivity contribution in [3.63, 3.8) is 0 Å². The minimum absolute atomic E-state index is 0.521. The lowest BCUT2D eigenvalue weighted by Gasteiger charge is -2.32. The van der Waals surface area contributed by atoms with Crippen LogP contribution in [0.3, 0.4) is 0 Å². The minimum Gasteiger partial charge on any atom is -0.465 e. The van der Waals surface area contributed by atoms with Gasteiger partial charge in [0, 0.05) is 6.61 Å². The van der Waals surface area contributed by atoms with Gasteiger partial charge in [-0.15, -0.1) is 0 Å². The summed E-state index contributed by atoms with van der Waals surface area (Å²) in [4.78, 5) is 0. The molecule has 1 heterocycles. The van der Waals surface area contributed by atoms with Gasteiger partial charge in [-0.2, -0.15) is 0 Å². The summed E-state index contributed by atoms with van der Waals surface area (Å²) in [7, 11) is 0. The summed E-state index contributed by atoms with van der Waals surface area (Å²) < 4.78 is 11.6. The number of hydrogen-bond donors (Lipinski definition) is 1. The zero-order valence-corrected chi connectivity index (χ0v) is 10.9. The van der Waals surface area contributed by atoms with Gasteiger partial charge in [-0.1, -0.05) is 6.92 Å². The van der Waals surface area contributed by atoms with Crippen molar-refractivity contribution >= 4 is 15.9 Å². The minimum atomic E-state index is -0.758. The van der Waals surface area contributed by atoms with Gasteiger partial charge in [-0.05, 0) is 42.3 Å². The number of aliphatic hydroxyl groups excluding tert-OH is 1. The molecule has 0 aromatic carbocycles. The second kappa shape index (κ2) is 5.14. The largest absolute Gasteiger partial charge is 0.465 e. The summed E-state index contributed by atoms with van der Waals surface area (Å²) in [6.07, 6.45) is 1.51. The quantitative estimate of drug-likeness (QED) is 0.898. The maximum Gasteiger partial charge on any atom is 0.149 e. The fourth-order valence-corrected chi connectivity index (χ4v) is 1.90. The van der Waals surface area contributed by atoms with Crippen molar-refractivity contribution in [3.8, 4) is 0 Å². The average Bonchev–Trinajstić information content (AvgIpc) is 2.63. The number of aliphatic hydroxyl groups is 1. The summed E-state index contributed by atoms with van der Waals surface area (Å²) in [6, 6.07) is 1.76. The zero-order chi connectivity index (χ0) is 11.5. The van der Waals surface area contributed by atoms with E-state index in [9.17, 15) is 5.11 Å². The lowest BCUT2D eigenvalue weighted by molar-refractivity contribution is -0.119. The highest BCUT2D eigenvalue weighted by atomic mass is 79.9. The fraction of sp³-hybridized carbons (Fsp3) is 0.636. The molecule has 3 nitrogen and oxygen atoms in total. The Morgan fingerprint density at radius 3 is 2.67 bits per heavy atom. The van der Waals surface area contributed by atoms with Gasteiger partial charge in [-0.3, -0.25) is 0 Å². The Morgan fingerprint density at radius 1 is 1.60 bits per heavy atom. The van der Waals surface area contributed by atoms with Crippen molar-refractivity contribution in [2.75, 3.05) is 6.61 Å². The average molecular weight is 277 g/mol. The van der Waals surface area contributed by atoms with Gasteiger partial charge >= 0.3 is 0 Å². The van der Waals surface area contributed by atoms with Gasteiger partial charge in [0.05, 0.1) is 16.3 Å². The number of halogens is 1. The monoisotopic (exact) mass is 276 g/mol. The molecule has 0 amide bonds. The van der Waals surface area contributed by atoms with Crippen molar-refractivity contribution in [1.82, 2.24) is 0 Å². The van der Waals surface area contributed by atoms with E-state index < -0.39 is 11.7 Å². The predicted molar refractivity (Wildman–Crippen MR) is 61.7 cm³/mol. The Balaban J connectivity index is 2.91. The summed E-state index contributed by atoms with van der Waals surface area (Å²) in [6.45, 7) is 6.35. The molecule has 0 spiro atoms. The molecule has 1 aromatic heterocycles. The first-order valence-corrected chi connectivity index (χ1v) is 5.89. The first kappa shape index (κ1) is 12.7. The molecule has 4 heteroatoms. The standard InChI is InChI=1S/C11H17BrO3/c1-4-11(3,15-5-2)10(13)9-8(12)6-7-14-9/h6-7,10,13H,4-5H2,1-3H3. The van der Waals surface area contributed by atoms with E-state index in [0.29, 0.717) is 12.4 Å². The van der Waals surface area contributed by atoms with Gasteiger partial charge in [-0.25, -0.2) is 0 Å². The molecule has 1 N–H and O–H groups in total. The van der Waals surface area contributed by atoms with Gasteiger partial charge in [0.15, 0.2) is 0 Å². The second-order valence-corrected chi connectivity index (χ2v) is 4.49. The summed E-state index contributed by atoms with van der Waals surface area (Å²) >= 11 is 3.33. The van der Waals surface area contributed by atoms with Crippen LogP contribution in [-0.4, -0.2) is 17.3 Å². The molecular formula is C11H17BrO3. The van der Waals surface area contributed by atoms with Crippen molar-refractivity contribution < 1.29 is 14.3 Å². The lowest BCUT2D eigenvalue weighted by atomic mass is 9.94. The highest BCUT2D eigenvalue weighted by Crippen LogP contribution is 2.36. The van der Waals surface area contributed by atoms with E-state index in [4.69, 9.17) is 9.15 Å². The van der Waals surface area contributed by atoms with E-state index in [1.54, 1.807) is 12.3 Å². The van der Waals surface area contributed by atoms with Crippen molar-refractivity contribution in [1.29, 1.82) is 0 Å². The van der Waals surface area contributed by atoms with E-state index in [2.05, 4.69) is 15.9 Å². The van der Waals surface area contributed by atoms with Crippen molar-refractivity contribution in [2.24, 2.45) is 0 Å². The molecule has 0 aliphatic heterocycles. The van der Waals surface area contributed by atoms with E-state index >= 15 is 0 Å². The van der Waals surface area contributed by atoms with Gasteiger partial charge in [0.1, 0.15) is 11.9 Å². The third kappa shape index (κ3) is 2.62. The molecule has 0 radical (unpaired) electrons. The maximum atomic E-state index is 10.2. The van der Waals surface area contributed by atoms with E-state index in [1.807, 2.05) is 20.8 Å². The Morgan fingerprint density at radius 2 is 2.27 bits per heavy atom. The smallest absolute Gasteiger partial charge is 0.149 e. The Hall–Kier alpha value is -0.320. The zero-order valence-electron chi connectivity index (χ0n) is 9.29. The van der Waals surface area contributed by atoms with Crippen LogP contribution in [-0.2, 0) is 4.74 Å². The van der Waals surface area contributed by atoms with Crippen LogP contribution in [0.1, 0.15) is 39.1 Å². The van der Waals surface area contributed by atoms with Crippen LogP contribution < -0.4 is 0 Å². The van der Waals surface area contributed by atoms with Crippen LogP contribution in [0.2, 0.25) is 0 Å². The molecule has 0 aliphatic rings. The van der Waals surface area contributed by atoms with Gasteiger partial charge < -0.3 is 14.3 Å². The normalized spacial score (nSPS) is 17.4. The molecular weight excluding hydrogens is 260 g/mol. The molecule has 15 heavy (non-hydrogen) atoms. The SMILES string of the molecule is CCOC(C)(CC)C(O)c1occc1Br. The Labute approximate surface area is 98.6 Å². The number of ether oxygens (including phenoxy) is 1. The van der Waals surface area contributed by atoms with Gasteiger partial charge in [0.25, 0.3) is 0 Å². The van der Waals surface area contributed by atoms with Crippen molar-refractivity contribution in [2.45, 2.75) is 38.9 Å².